The molecule has 2 aliphatic heterocycles. The molecule has 168 valence electrons. The van der Waals surface area contributed by atoms with Crippen molar-refractivity contribution in [3.63, 3.8) is 0 Å². The number of nitrogens with zero attached hydrogens (tertiary/aromatic N) is 5. The number of rotatable bonds is 6. The number of amides is 2. The highest BCUT2D eigenvalue weighted by Gasteiger charge is 2.37. The van der Waals surface area contributed by atoms with Crippen LogP contribution >= 0.6 is 0 Å². The minimum Gasteiger partial charge on any atom is -0.343 e. The van der Waals surface area contributed by atoms with Crippen LogP contribution in [0.25, 0.3) is 5.65 Å². The lowest BCUT2D eigenvalue weighted by atomic mass is 10.1. The lowest BCUT2D eigenvalue weighted by molar-refractivity contribution is -0.142. The number of fused-ring (bicyclic) bond motifs is 1. The molecule has 0 unspecified atom stereocenters. The molecule has 4 rings (SSSR count). The number of alkyl halides is 3. The van der Waals surface area contributed by atoms with Crippen molar-refractivity contribution >= 4 is 17.5 Å². The van der Waals surface area contributed by atoms with E-state index >= 15 is 0 Å². The minimum absolute atomic E-state index is 0.0514. The van der Waals surface area contributed by atoms with Gasteiger partial charge in [0.2, 0.25) is 11.8 Å². The molecule has 2 aliphatic rings. The SMILES string of the molecule is CCc1cc(C(F)(F)F)n2nc([C@H]3CCCN3C(=O)CCCN3CCCC3=O)cc2n1. The number of hydrogen-bond acceptors (Lipinski definition) is 4. The standard InChI is InChI=1S/C21H26F3N5O2/c1-2-14-12-17(21(22,23)24)29-18(25-14)13-15(26-29)16-6-3-11-28(16)20(31)8-5-10-27-9-4-7-19(27)30/h12-13,16H,2-11H2,1H3/t16-/m1/s1. The highest BCUT2D eigenvalue weighted by Crippen LogP contribution is 2.35. The Morgan fingerprint density at radius 2 is 2.03 bits per heavy atom. The number of halogens is 3. The van der Waals surface area contributed by atoms with E-state index in [1.807, 2.05) is 0 Å². The zero-order valence-corrected chi connectivity index (χ0v) is 17.5. The van der Waals surface area contributed by atoms with Gasteiger partial charge in [0.15, 0.2) is 5.65 Å². The van der Waals surface area contributed by atoms with Crippen LogP contribution in [0.15, 0.2) is 12.1 Å². The van der Waals surface area contributed by atoms with Crippen molar-refractivity contribution in [2.75, 3.05) is 19.6 Å². The van der Waals surface area contributed by atoms with Crippen LogP contribution in [-0.2, 0) is 22.2 Å². The fourth-order valence-electron chi connectivity index (χ4n) is 4.47. The molecule has 2 aromatic heterocycles. The number of carbonyl (C=O) groups is 2. The van der Waals surface area contributed by atoms with Crippen LogP contribution in [0, 0.1) is 0 Å². The van der Waals surface area contributed by atoms with Gasteiger partial charge in [-0.3, -0.25) is 9.59 Å². The van der Waals surface area contributed by atoms with E-state index in [1.165, 1.54) is 0 Å². The Morgan fingerprint density at radius 3 is 2.71 bits per heavy atom. The Morgan fingerprint density at radius 1 is 1.23 bits per heavy atom. The summed E-state index contributed by atoms with van der Waals surface area (Å²) < 4.78 is 41.5. The van der Waals surface area contributed by atoms with Crippen molar-refractivity contribution in [2.24, 2.45) is 0 Å². The van der Waals surface area contributed by atoms with Gasteiger partial charge in [-0.15, -0.1) is 0 Å². The predicted molar refractivity (Wildman–Crippen MR) is 106 cm³/mol. The van der Waals surface area contributed by atoms with Crippen molar-refractivity contribution in [2.45, 2.75) is 64.1 Å². The first-order valence-corrected chi connectivity index (χ1v) is 10.8. The molecule has 1 atom stereocenters. The van der Waals surface area contributed by atoms with Gasteiger partial charge in [-0.25, -0.2) is 9.50 Å². The summed E-state index contributed by atoms with van der Waals surface area (Å²) in [4.78, 5) is 32.3. The molecule has 0 spiro atoms. The summed E-state index contributed by atoms with van der Waals surface area (Å²) in [5.74, 6) is 0.0834. The fourth-order valence-corrected chi connectivity index (χ4v) is 4.47. The Hall–Kier alpha value is -2.65. The van der Waals surface area contributed by atoms with Gasteiger partial charge in [-0.2, -0.15) is 18.3 Å². The van der Waals surface area contributed by atoms with Gasteiger partial charge in [-0.1, -0.05) is 6.92 Å². The third kappa shape index (κ3) is 4.38. The number of aromatic nitrogens is 3. The summed E-state index contributed by atoms with van der Waals surface area (Å²) in [5.41, 5.74) is 0.0780. The predicted octanol–water partition coefficient (Wildman–Crippen LogP) is 3.38. The smallest absolute Gasteiger partial charge is 0.343 e. The van der Waals surface area contributed by atoms with Crippen LogP contribution in [0.4, 0.5) is 13.2 Å². The third-order valence-corrected chi connectivity index (χ3v) is 6.06. The molecule has 7 nitrogen and oxygen atoms in total. The van der Waals surface area contributed by atoms with Crippen LogP contribution in [0.5, 0.6) is 0 Å². The zero-order valence-electron chi connectivity index (χ0n) is 17.5. The van der Waals surface area contributed by atoms with Crippen LogP contribution in [-0.4, -0.2) is 55.8 Å². The average molecular weight is 437 g/mol. The van der Waals surface area contributed by atoms with Crippen molar-refractivity contribution < 1.29 is 22.8 Å². The molecular formula is C21H26F3N5O2. The van der Waals surface area contributed by atoms with Gasteiger partial charge >= 0.3 is 6.18 Å². The van der Waals surface area contributed by atoms with E-state index in [2.05, 4.69) is 10.1 Å². The molecule has 0 aliphatic carbocycles. The molecule has 31 heavy (non-hydrogen) atoms. The summed E-state index contributed by atoms with van der Waals surface area (Å²) in [6.45, 7) is 3.62. The first-order valence-electron chi connectivity index (χ1n) is 10.8. The quantitative estimate of drug-likeness (QED) is 0.695. The van der Waals surface area contributed by atoms with E-state index in [-0.39, 0.29) is 23.5 Å². The highest BCUT2D eigenvalue weighted by atomic mass is 19.4. The normalized spacial score (nSPS) is 19.7. The molecule has 2 amide bonds. The van der Waals surface area contributed by atoms with Gasteiger partial charge in [-0.05, 0) is 38.2 Å². The van der Waals surface area contributed by atoms with E-state index in [0.717, 1.165) is 30.0 Å². The molecule has 2 aromatic rings. The Balaban J connectivity index is 1.51. The van der Waals surface area contributed by atoms with E-state index in [0.29, 0.717) is 56.6 Å². The second kappa shape index (κ2) is 8.47. The molecule has 0 saturated carbocycles. The zero-order chi connectivity index (χ0) is 22.2. The molecule has 10 heteroatoms. The van der Waals surface area contributed by atoms with E-state index in [1.54, 1.807) is 22.8 Å². The topological polar surface area (TPSA) is 70.8 Å². The van der Waals surface area contributed by atoms with Crippen molar-refractivity contribution in [3.8, 4) is 0 Å². The molecule has 4 heterocycles. The number of carbonyl (C=O) groups excluding carboxylic acids is 2. The Bertz CT molecular complexity index is 987. The number of hydrogen-bond donors (Lipinski definition) is 0. The molecular weight excluding hydrogens is 411 g/mol. The maximum atomic E-state index is 13.5. The van der Waals surface area contributed by atoms with Gasteiger partial charge in [0.25, 0.3) is 0 Å². The maximum Gasteiger partial charge on any atom is 0.433 e. The molecule has 0 radical (unpaired) electrons. The Labute approximate surface area is 178 Å². The summed E-state index contributed by atoms with van der Waals surface area (Å²) in [6.07, 6.45) is -0.415. The highest BCUT2D eigenvalue weighted by molar-refractivity contribution is 5.79. The number of aryl methyl sites for hydroxylation is 1. The van der Waals surface area contributed by atoms with Gasteiger partial charge < -0.3 is 9.80 Å². The van der Waals surface area contributed by atoms with Crippen LogP contribution in [0.2, 0.25) is 0 Å². The van der Waals surface area contributed by atoms with E-state index < -0.39 is 11.9 Å². The summed E-state index contributed by atoms with van der Waals surface area (Å²) in [7, 11) is 0. The van der Waals surface area contributed by atoms with E-state index in [4.69, 9.17) is 0 Å². The first kappa shape index (κ1) is 21.6. The van der Waals surface area contributed by atoms with Gasteiger partial charge in [0.1, 0.15) is 5.69 Å². The molecule has 2 saturated heterocycles. The minimum atomic E-state index is -4.55. The second-order valence-corrected chi connectivity index (χ2v) is 8.16. The molecule has 0 aromatic carbocycles. The van der Waals surface area contributed by atoms with Gasteiger partial charge in [0.05, 0.1) is 11.7 Å². The van der Waals surface area contributed by atoms with Gasteiger partial charge in [0, 0.05) is 44.2 Å². The van der Waals surface area contributed by atoms with Crippen molar-refractivity contribution in [1.29, 1.82) is 0 Å². The second-order valence-electron chi connectivity index (χ2n) is 8.16. The van der Waals surface area contributed by atoms with Crippen LogP contribution < -0.4 is 0 Å². The largest absolute Gasteiger partial charge is 0.433 e. The van der Waals surface area contributed by atoms with Crippen molar-refractivity contribution in [1.82, 2.24) is 24.4 Å². The number of likely N-dealkylation sites (tertiary alicyclic amines) is 2. The Kier molecular flexibility index (Phi) is 5.90. The third-order valence-electron chi connectivity index (χ3n) is 6.06. The summed E-state index contributed by atoms with van der Waals surface area (Å²) in [5, 5.41) is 4.21. The lowest BCUT2D eigenvalue weighted by Gasteiger charge is -2.24. The van der Waals surface area contributed by atoms with E-state index in [9.17, 15) is 22.8 Å². The maximum absolute atomic E-state index is 13.5. The van der Waals surface area contributed by atoms with Crippen LogP contribution in [0.1, 0.15) is 68.6 Å². The lowest BCUT2D eigenvalue weighted by Crippen LogP contribution is -2.32. The monoisotopic (exact) mass is 437 g/mol. The fraction of sp³-hybridized carbons (Fsp3) is 0.619. The summed E-state index contributed by atoms with van der Waals surface area (Å²) in [6, 6.07) is 2.24. The average Bonchev–Trinajstić information content (AvgIpc) is 3.45. The van der Waals surface area contributed by atoms with Crippen molar-refractivity contribution in [3.05, 3.63) is 29.2 Å². The molecule has 2 fully saturated rings. The first-order chi connectivity index (χ1) is 14.8. The molecule has 0 N–H and O–H groups in total. The molecule has 0 bridgehead atoms. The van der Waals surface area contributed by atoms with Crippen LogP contribution in [0.3, 0.4) is 0 Å². The summed E-state index contributed by atoms with van der Waals surface area (Å²) >= 11 is 0.